The van der Waals surface area contributed by atoms with Crippen molar-refractivity contribution in [3.63, 3.8) is 0 Å². The number of sulfonamides is 1. The monoisotopic (exact) mass is 454 g/mol. The van der Waals surface area contributed by atoms with Crippen LogP contribution >= 0.6 is 0 Å². The molecule has 0 aliphatic heterocycles. The molecule has 0 unspecified atom stereocenters. The van der Waals surface area contributed by atoms with Crippen molar-refractivity contribution in [1.82, 2.24) is 0 Å². The van der Waals surface area contributed by atoms with Crippen molar-refractivity contribution in [3.05, 3.63) is 77.9 Å². The SMILES string of the molecule is CCCc1ccc(S(=O)(=O)Nc2cc(OC)c(NC(=O)c3ccccc3)cc2OC)cc1. The van der Waals surface area contributed by atoms with Crippen LogP contribution in [0.3, 0.4) is 0 Å². The van der Waals surface area contributed by atoms with E-state index in [4.69, 9.17) is 9.47 Å². The molecule has 0 atom stereocenters. The summed E-state index contributed by atoms with van der Waals surface area (Å²) in [4.78, 5) is 12.7. The molecular weight excluding hydrogens is 428 g/mol. The van der Waals surface area contributed by atoms with E-state index in [-0.39, 0.29) is 28.0 Å². The van der Waals surface area contributed by atoms with Crippen LogP contribution in [0.25, 0.3) is 0 Å². The molecule has 0 bridgehead atoms. The Hall–Kier alpha value is -3.52. The summed E-state index contributed by atoms with van der Waals surface area (Å²) in [5.74, 6) is 0.192. The normalized spacial score (nSPS) is 11.0. The third-order valence-electron chi connectivity index (χ3n) is 4.82. The number of methoxy groups -OCH3 is 2. The first kappa shape index (κ1) is 23.1. The van der Waals surface area contributed by atoms with Crippen LogP contribution in [0, 0.1) is 0 Å². The van der Waals surface area contributed by atoms with Crippen LogP contribution in [-0.4, -0.2) is 28.5 Å². The van der Waals surface area contributed by atoms with Crippen LogP contribution in [0.5, 0.6) is 11.5 Å². The van der Waals surface area contributed by atoms with Crippen LogP contribution in [-0.2, 0) is 16.4 Å². The molecule has 0 fully saturated rings. The maximum atomic E-state index is 12.9. The van der Waals surface area contributed by atoms with E-state index in [0.717, 1.165) is 18.4 Å². The molecule has 0 aromatic heterocycles. The summed E-state index contributed by atoms with van der Waals surface area (Å²) in [5.41, 5.74) is 2.10. The number of rotatable bonds is 9. The third-order valence-corrected chi connectivity index (χ3v) is 6.20. The standard InChI is InChI=1S/C24H26N2O5S/c1-4-8-17-11-13-19(14-12-17)32(28,29)26-21-16-22(30-2)20(15-23(21)31-3)25-24(27)18-9-6-5-7-10-18/h5-7,9-16,26H,4,8H2,1-3H3,(H,25,27). The first-order valence-electron chi connectivity index (χ1n) is 10.1. The molecule has 3 aromatic carbocycles. The van der Waals surface area contributed by atoms with Gasteiger partial charge in [-0.15, -0.1) is 0 Å². The van der Waals surface area contributed by atoms with Gasteiger partial charge >= 0.3 is 0 Å². The molecule has 7 nitrogen and oxygen atoms in total. The molecule has 168 valence electrons. The average molecular weight is 455 g/mol. The molecule has 2 N–H and O–H groups in total. The molecule has 3 aromatic rings. The van der Waals surface area contributed by atoms with E-state index in [1.807, 2.05) is 6.07 Å². The molecule has 0 saturated carbocycles. The second-order valence-electron chi connectivity index (χ2n) is 7.07. The van der Waals surface area contributed by atoms with E-state index in [9.17, 15) is 13.2 Å². The number of nitrogens with one attached hydrogen (secondary N) is 2. The number of hydrogen-bond donors (Lipinski definition) is 2. The zero-order valence-electron chi connectivity index (χ0n) is 18.2. The van der Waals surface area contributed by atoms with Crippen molar-refractivity contribution < 1.29 is 22.7 Å². The molecule has 3 rings (SSSR count). The molecule has 32 heavy (non-hydrogen) atoms. The summed E-state index contributed by atoms with van der Waals surface area (Å²) in [6.07, 6.45) is 1.86. The van der Waals surface area contributed by atoms with E-state index in [0.29, 0.717) is 11.3 Å². The van der Waals surface area contributed by atoms with Gasteiger partial charge in [0.1, 0.15) is 11.5 Å². The Morgan fingerprint density at radius 1 is 0.875 bits per heavy atom. The van der Waals surface area contributed by atoms with Gasteiger partial charge in [-0.3, -0.25) is 9.52 Å². The van der Waals surface area contributed by atoms with Crippen LogP contribution in [0.4, 0.5) is 11.4 Å². The van der Waals surface area contributed by atoms with Crippen LogP contribution in [0.2, 0.25) is 0 Å². The molecular formula is C24H26N2O5S. The second kappa shape index (κ2) is 10.2. The second-order valence-corrected chi connectivity index (χ2v) is 8.75. The molecule has 0 aliphatic carbocycles. The molecule has 0 heterocycles. The average Bonchev–Trinajstić information content (AvgIpc) is 2.80. The Bertz CT molecular complexity index is 1180. The van der Waals surface area contributed by atoms with Crippen molar-refractivity contribution in [3.8, 4) is 11.5 Å². The number of hydrogen-bond acceptors (Lipinski definition) is 5. The maximum Gasteiger partial charge on any atom is 0.262 e. The van der Waals surface area contributed by atoms with Gasteiger partial charge in [-0.1, -0.05) is 43.7 Å². The number of anilines is 2. The first-order valence-corrected chi connectivity index (χ1v) is 11.6. The number of carbonyl (C=O) groups is 1. The highest BCUT2D eigenvalue weighted by Crippen LogP contribution is 2.37. The van der Waals surface area contributed by atoms with Crippen LogP contribution in [0.15, 0.2) is 71.6 Å². The van der Waals surface area contributed by atoms with Gasteiger partial charge in [-0.25, -0.2) is 8.42 Å². The lowest BCUT2D eigenvalue weighted by Crippen LogP contribution is -2.15. The maximum absolute atomic E-state index is 12.9. The van der Waals surface area contributed by atoms with E-state index in [1.165, 1.54) is 26.4 Å². The fourth-order valence-electron chi connectivity index (χ4n) is 3.19. The lowest BCUT2D eigenvalue weighted by molar-refractivity contribution is 0.102. The number of ether oxygens (including phenoxy) is 2. The summed E-state index contributed by atoms with van der Waals surface area (Å²) in [6.45, 7) is 2.07. The molecule has 8 heteroatoms. The fraction of sp³-hybridized carbons (Fsp3) is 0.208. The Balaban J connectivity index is 1.89. The Labute approximate surface area is 188 Å². The summed E-state index contributed by atoms with van der Waals surface area (Å²) in [7, 11) is -1.00. The number of carbonyl (C=O) groups excluding carboxylic acids is 1. The minimum Gasteiger partial charge on any atom is -0.494 e. The van der Waals surface area contributed by atoms with Gasteiger partial charge in [0.2, 0.25) is 0 Å². The predicted octanol–water partition coefficient (Wildman–Crippen LogP) is 4.71. The molecule has 0 aliphatic rings. The van der Waals surface area contributed by atoms with Gasteiger partial charge in [-0.05, 0) is 36.2 Å². The van der Waals surface area contributed by atoms with Crippen molar-refractivity contribution in [2.45, 2.75) is 24.7 Å². The van der Waals surface area contributed by atoms with Crippen molar-refractivity contribution in [2.24, 2.45) is 0 Å². The fourth-order valence-corrected chi connectivity index (χ4v) is 4.25. The molecule has 0 spiro atoms. The topological polar surface area (TPSA) is 93.7 Å². The van der Waals surface area contributed by atoms with Gasteiger partial charge in [0.25, 0.3) is 15.9 Å². The minimum atomic E-state index is -3.85. The van der Waals surface area contributed by atoms with E-state index in [2.05, 4.69) is 17.0 Å². The number of benzene rings is 3. The van der Waals surface area contributed by atoms with E-state index < -0.39 is 10.0 Å². The zero-order valence-corrected chi connectivity index (χ0v) is 19.0. The summed E-state index contributed by atoms with van der Waals surface area (Å²) in [6, 6.07) is 18.5. The van der Waals surface area contributed by atoms with Crippen molar-refractivity contribution in [1.29, 1.82) is 0 Å². The van der Waals surface area contributed by atoms with Gasteiger partial charge < -0.3 is 14.8 Å². The molecule has 0 radical (unpaired) electrons. The highest BCUT2D eigenvalue weighted by Gasteiger charge is 2.20. The van der Waals surface area contributed by atoms with Crippen molar-refractivity contribution in [2.75, 3.05) is 24.3 Å². The smallest absolute Gasteiger partial charge is 0.262 e. The summed E-state index contributed by atoms with van der Waals surface area (Å²) < 4.78 is 39.1. The van der Waals surface area contributed by atoms with Crippen molar-refractivity contribution >= 4 is 27.3 Å². The lowest BCUT2D eigenvalue weighted by atomic mass is 10.1. The van der Waals surface area contributed by atoms with E-state index in [1.54, 1.807) is 48.5 Å². The quantitative estimate of drug-likeness (QED) is 0.488. The van der Waals surface area contributed by atoms with Crippen LogP contribution < -0.4 is 19.5 Å². The summed E-state index contributed by atoms with van der Waals surface area (Å²) in [5, 5.41) is 2.77. The zero-order chi connectivity index (χ0) is 23.1. The first-order chi connectivity index (χ1) is 15.4. The van der Waals surface area contributed by atoms with Gasteiger partial charge in [0.15, 0.2) is 0 Å². The summed E-state index contributed by atoms with van der Waals surface area (Å²) >= 11 is 0. The lowest BCUT2D eigenvalue weighted by Gasteiger charge is -2.17. The largest absolute Gasteiger partial charge is 0.494 e. The van der Waals surface area contributed by atoms with Crippen LogP contribution in [0.1, 0.15) is 29.3 Å². The highest BCUT2D eigenvalue weighted by atomic mass is 32.2. The molecule has 1 amide bonds. The van der Waals surface area contributed by atoms with E-state index >= 15 is 0 Å². The van der Waals surface area contributed by atoms with Gasteiger partial charge in [0, 0.05) is 17.7 Å². The van der Waals surface area contributed by atoms with Gasteiger partial charge in [0.05, 0.1) is 30.5 Å². The minimum absolute atomic E-state index is 0.139. The number of amides is 1. The number of aryl methyl sites for hydroxylation is 1. The Kier molecular flexibility index (Phi) is 7.37. The third kappa shape index (κ3) is 5.39. The Morgan fingerprint density at radius 3 is 2.06 bits per heavy atom. The molecule has 0 saturated heterocycles. The Morgan fingerprint density at radius 2 is 1.47 bits per heavy atom. The highest BCUT2D eigenvalue weighted by molar-refractivity contribution is 7.92. The predicted molar refractivity (Wildman–Crippen MR) is 125 cm³/mol. The van der Waals surface area contributed by atoms with Gasteiger partial charge in [-0.2, -0.15) is 0 Å².